The molecule has 1 aromatic carbocycles. The van der Waals surface area contributed by atoms with Crippen LogP contribution < -0.4 is 0 Å². The summed E-state index contributed by atoms with van der Waals surface area (Å²) in [6, 6.07) is 5.34. The number of benzene rings is 1. The van der Waals surface area contributed by atoms with E-state index in [0.717, 1.165) is 23.5 Å². The summed E-state index contributed by atoms with van der Waals surface area (Å²) in [6.45, 7) is 4.47. The highest BCUT2D eigenvalue weighted by Gasteiger charge is 2.30. The molecule has 0 radical (unpaired) electrons. The van der Waals surface area contributed by atoms with Crippen LogP contribution in [0, 0.1) is 6.92 Å². The third kappa shape index (κ3) is 2.39. The molecule has 2 heterocycles. The molecule has 4 nitrogen and oxygen atoms in total. The summed E-state index contributed by atoms with van der Waals surface area (Å²) < 4.78 is 39.9. The first-order valence-corrected chi connectivity index (χ1v) is 6.50. The molecule has 0 fully saturated rings. The number of aromatic amines is 1. The van der Waals surface area contributed by atoms with Gasteiger partial charge in [-0.05, 0) is 38.1 Å². The summed E-state index contributed by atoms with van der Waals surface area (Å²) >= 11 is 0. The maximum absolute atomic E-state index is 12.7. The zero-order chi connectivity index (χ0) is 15.2. The van der Waals surface area contributed by atoms with E-state index in [9.17, 15) is 13.2 Å². The van der Waals surface area contributed by atoms with Crippen LogP contribution >= 0.6 is 0 Å². The van der Waals surface area contributed by atoms with Crippen LogP contribution in [0.5, 0.6) is 0 Å². The molecule has 0 saturated carbocycles. The fourth-order valence-electron chi connectivity index (χ4n) is 2.28. The van der Waals surface area contributed by atoms with Crippen molar-refractivity contribution in [1.29, 1.82) is 0 Å². The summed E-state index contributed by atoms with van der Waals surface area (Å²) in [5.41, 5.74) is 1.77. The number of rotatable bonds is 2. The van der Waals surface area contributed by atoms with E-state index in [2.05, 4.69) is 15.1 Å². The van der Waals surface area contributed by atoms with Crippen LogP contribution in [-0.4, -0.2) is 19.7 Å². The van der Waals surface area contributed by atoms with Gasteiger partial charge in [0, 0.05) is 6.54 Å². The van der Waals surface area contributed by atoms with Gasteiger partial charge in [0.05, 0.1) is 22.3 Å². The smallest absolute Gasteiger partial charge is 0.337 e. The standard InChI is InChI=1S/C14H13F3N4/c1-3-21-12(6-8(2)20-21)13-18-10-5-4-9(14(15,16)17)7-11(10)19-13/h4-7H,3H2,1-2H3,(H,18,19). The lowest BCUT2D eigenvalue weighted by molar-refractivity contribution is -0.137. The van der Waals surface area contributed by atoms with Gasteiger partial charge in [-0.3, -0.25) is 4.68 Å². The third-order valence-corrected chi connectivity index (χ3v) is 3.25. The summed E-state index contributed by atoms with van der Waals surface area (Å²) in [7, 11) is 0. The molecule has 0 unspecified atom stereocenters. The summed E-state index contributed by atoms with van der Waals surface area (Å²) in [5.74, 6) is 0.520. The number of aromatic nitrogens is 4. The van der Waals surface area contributed by atoms with E-state index in [0.29, 0.717) is 23.4 Å². The molecule has 0 aliphatic rings. The maximum atomic E-state index is 12.7. The number of nitrogens with one attached hydrogen (secondary N) is 1. The number of alkyl halides is 3. The number of hydrogen-bond donors (Lipinski definition) is 1. The molecule has 7 heteroatoms. The second kappa shape index (κ2) is 4.61. The van der Waals surface area contributed by atoms with Crippen molar-refractivity contribution in [2.45, 2.75) is 26.6 Å². The lowest BCUT2D eigenvalue weighted by Crippen LogP contribution is -2.04. The molecule has 110 valence electrons. The topological polar surface area (TPSA) is 46.5 Å². The predicted molar refractivity (Wildman–Crippen MR) is 72.7 cm³/mol. The van der Waals surface area contributed by atoms with Gasteiger partial charge in [-0.25, -0.2) is 4.98 Å². The van der Waals surface area contributed by atoms with Crippen LogP contribution in [0.25, 0.3) is 22.6 Å². The summed E-state index contributed by atoms with van der Waals surface area (Å²) in [4.78, 5) is 7.28. The minimum absolute atomic E-state index is 0.362. The Labute approximate surface area is 118 Å². The molecular formula is C14H13F3N4. The van der Waals surface area contributed by atoms with E-state index >= 15 is 0 Å². The van der Waals surface area contributed by atoms with Crippen LogP contribution in [0.15, 0.2) is 24.3 Å². The van der Waals surface area contributed by atoms with Crippen LogP contribution in [-0.2, 0) is 12.7 Å². The summed E-state index contributed by atoms with van der Waals surface area (Å²) in [6.07, 6.45) is -4.36. The molecule has 0 aliphatic heterocycles. The predicted octanol–water partition coefficient (Wildman–Crippen LogP) is 3.77. The number of halogens is 3. The number of H-pyrrole nitrogens is 1. The Balaban J connectivity index is 2.13. The molecule has 21 heavy (non-hydrogen) atoms. The van der Waals surface area contributed by atoms with Crippen molar-refractivity contribution in [3.8, 4) is 11.5 Å². The molecule has 3 rings (SSSR count). The first-order chi connectivity index (χ1) is 9.88. The van der Waals surface area contributed by atoms with E-state index in [1.807, 2.05) is 19.9 Å². The molecule has 0 saturated heterocycles. The molecule has 0 amide bonds. The molecule has 0 bridgehead atoms. The average Bonchev–Trinajstić information content (AvgIpc) is 2.99. The van der Waals surface area contributed by atoms with Crippen LogP contribution in [0.2, 0.25) is 0 Å². The van der Waals surface area contributed by atoms with Gasteiger partial charge < -0.3 is 4.98 Å². The first-order valence-electron chi connectivity index (χ1n) is 6.50. The third-order valence-electron chi connectivity index (χ3n) is 3.25. The Kier molecular flexibility index (Phi) is 3.00. The van der Waals surface area contributed by atoms with E-state index in [1.165, 1.54) is 6.07 Å². The zero-order valence-electron chi connectivity index (χ0n) is 11.5. The Hall–Kier alpha value is -2.31. The Morgan fingerprint density at radius 3 is 2.67 bits per heavy atom. The molecule has 1 N–H and O–H groups in total. The Morgan fingerprint density at radius 1 is 1.24 bits per heavy atom. The fourth-order valence-corrected chi connectivity index (χ4v) is 2.28. The van der Waals surface area contributed by atoms with Crippen molar-refractivity contribution >= 4 is 11.0 Å². The largest absolute Gasteiger partial charge is 0.416 e. The van der Waals surface area contributed by atoms with Crippen LogP contribution in [0.1, 0.15) is 18.2 Å². The number of fused-ring (bicyclic) bond motifs is 1. The Bertz CT molecular complexity index is 798. The van der Waals surface area contributed by atoms with E-state index in [1.54, 1.807) is 4.68 Å². The lowest BCUT2D eigenvalue weighted by Gasteiger charge is -2.05. The van der Waals surface area contributed by atoms with Gasteiger partial charge >= 0.3 is 6.18 Å². The SMILES string of the molecule is CCn1nc(C)cc1-c1nc2ccc(C(F)(F)F)cc2[nH]1. The van der Waals surface area contributed by atoms with Crippen LogP contribution in [0.3, 0.4) is 0 Å². The van der Waals surface area contributed by atoms with Crippen molar-refractivity contribution in [2.24, 2.45) is 0 Å². The first kappa shape index (κ1) is 13.7. The van der Waals surface area contributed by atoms with E-state index in [4.69, 9.17) is 0 Å². The number of nitrogens with zero attached hydrogens (tertiary/aromatic N) is 3. The van der Waals surface area contributed by atoms with Crippen molar-refractivity contribution in [3.63, 3.8) is 0 Å². The lowest BCUT2D eigenvalue weighted by atomic mass is 10.2. The second-order valence-electron chi connectivity index (χ2n) is 4.80. The summed E-state index contributed by atoms with van der Waals surface area (Å²) in [5, 5.41) is 4.31. The van der Waals surface area contributed by atoms with Gasteiger partial charge in [0.25, 0.3) is 0 Å². The van der Waals surface area contributed by atoms with Crippen molar-refractivity contribution in [3.05, 3.63) is 35.5 Å². The average molecular weight is 294 g/mol. The van der Waals surface area contributed by atoms with E-state index < -0.39 is 11.7 Å². The second-order valence-corrected chi connectivity index (χ2v) is 4.80. The normalized spacial score (nSPS) is 12.2. The molecule has 0 atom stereocenters. The van der Waals surface area contributed by atoms with Crippen molar-refractivity contribution in [2.75, 3.05) is 0 Å². The maximum Gasteiger partial charge on any atom is 0.416 e. The van der Waals surface area contributed by atoms with Gasteiger partial charge in [0.15, 0.2) is 5.82 Å². The van der Waals surface area contributed by atoms with Gasteiger partial charge in [0.2, 0.25) is 0 Å². The monoisotopic (exact) mass is 294 g/mol. The highest BCUT2D eigenvalue weighted by molar-refractivity contribution is 5.79. The van der Waals surface area contributed by atoms with Gasteiger partial charge in [-0.1, -0.05) is 0 Å². The number of imidazole rings is 1. The fraction of sp³-hybridized carbons (Fsp3) is 0.286. The van der Waals surface area contributed by atoms with Crippen LogP contribution in [0.4, 0.5) is 13.2 Å². The van der Waals surface area contributed by atoms with Crippen molar-refractivity contribution < 1.29 is 13.2 Å². The minimum atomic E-state index is -4.36. The highest BCUT2D eigenvalue weighted by atomic mass is 19.4. The van der Waals surface area contributed by atoms with Gasteiger partial charge in [0.1, 0.15) is 5.69 Å². The molecule has 3 aromatic rings. The quantitative estimate of drug-likeness (QED) is 0.782. The number of aryl methyl sites for hydroxylation is 2. The number of hydrogen-bond acceptors (Lipinski definition) is 2. The van der Waals surface area contributed by atoms with E-state index in [-0.39, 0.29) is 0 Å². The van der Waals surface area contributed by atoms with Crippen molar-refractivity contribution in [1.82, 2.24) is 19.7 Å². The molecule has 2 aromatic heterocycles. The highest BCUT2D eigenvalue weighted by Crippen LogP contribution is 2.31. The molecular weight excluding hydrogens is 281 g/mol. The zero-order valence-corrected chi connectivity index (χ0v) is 11.5. The molecule has 0 aliphatic carbocycles. The van der Waals surface area contributed by atoms with Gasteiger partial charge in [-0.2, -0.15) is 18.3 Å². The van der Waals surface area contributed by atoms with Gasteiger partial charge in [-0.15, -0.1) is 0 Å². The Morgan fingerprint density at radius 2 is 2.00 bits per heavy atom. The minimum Gasteiger partial charge on any atom is -0.337 e. The molecule has 0 spiro atoms.